The molecule has 1 aliphatic heterocycles. The Bertz CT molecular complexity index is 1240. The lowest BCUT2D eigenvalue weighted by Gasteiger charge is -2.25. The number of sulfonamides is 1. The Morgan fingerprint density at radius 1 is 0.971 bits per heavy atom. The number of fused-ring (bicyclic) bond motifs is 1. The number of carbonyl (C=O) groups excluding carboxylic acids is 1. The highest BCUT2D eigenvalue weighted by Crippen LogP contribution is 2.27. The number of aryl methyl sites for hydroxylation is 2. The summed E-state index contributed by atoms with van der Waals surface area (Å²) in [6.45, 7) is 5.89. The molecule has 4 rings (SSSR count). The monoisotopic (exact) mass is 477 g/mol. The summed E-state index contributed by atoms with van der Waals surface area (Å²) in [5.74, 6) is -0.319. The summed E-state index contributed by atoms with van der Waals surface area (Å²) in [6, 6.07) is 22.2. The molecule has 1 aliphatic rings. The lowest BCUT2D eigenvalue weighted by Crippen LogP contribution is -2.41. The minimum atomic E-state index is -3.90. The molecule has 178 valence electrons. The van der Waals surface area contributed by atoms with E-state index >= 15 is 0 Å². The molecule has 6 nitrogen and oxygen atoms in total. The van der Waals surface area contributed by atoms with Crippen molar-refractivity contribution in [2.45, 2.75) is 31.6 Å². The number of anilines is 2. The molecule has 0 radical (unpaired) electrons. The van der Waals surface area contributed by atoms with Crippen LogP contribution in [0.4, 0.5) is 11.4 Å². The summed E-state index contributed by atoms with van der Waals surface area (Å²) in [4.78, 5) is 15.3. The molecule has 0 atom stereocenters. The zero-order valence-electron chi connectivity index (χ0n) is 19.7. The third-order valence-corrected chi connectivity index (χ3v) is 7.81. The Balaban J connectivity index is 1.42. The highest BCUT2D eigenvalue weighted by molar-refractivity contribution is 7.92. The second kappa shape index (κ2) is 10.3. The summed E-state index contributed by atoms with van der Waals surface area (Å²) in [7, 11) is -3.90. The van der Waals surface area contributed by atoms with Crippen LogP contribution < -0.4 is 14.5 Å². The Kier molecular flexibility index (Phi) is 7.22. The first kappa shape index (κ1) is 23.8. The Morgan fingerprint density at radius 3 is 2.38 bits per heavy atom. The molecule has 34 heavy (non-hydrogen) atoms. The summed E-state index contributed by atoms with van der Waals surface area (Å²) >= 11 is 0. The van der Waals surface area contributed by atoms with Crippen molar-refractivity contribution >= 4 is 27.3 Å². The fourth-order valence-corrected chi connectivity index (χ4v) is 5.88. The number of nitrogens with zero attached hydrogens (tertiary/aromatic N) is 2. The Morgan fingerprint density at radius 2 is 1.65 bits per heavy atom. The van der Waals surface area contributed by atoms with E-state index in [1.54, 1.807) is 42.5 Å². The number of hydrogen-bond acceptors (Lipinski definition) is 4. The van der Waals surface area contributed by atoms with Gasteiger partial charge in [-0.25, -0.2) is 8.42 Å². The van der Waals surface area contributed by atoms with Gasteiger partial charge in [-0.1, -0.05) is 42.5 Å². The van der Waals surface area contributed by atoms with Gasteiger partial charge in [0.25, 0.3) is 10.0 Å². The number of nitrogens with one attached hydrogen (secondary N) is 1. The summed E-state index contributed by atoms with van der Waals surface area (Å²) < 4.78 is 28.1. The van der Waals surface area contributed by atoms with E-state index in [1.165, 1.54) is 15.6 Å². The third-order valence-electron chi connectivity index (χ3n) is 6.02. The first-order valence-electron chi connectivity index (χ1n) is 11.6. The highest BCUT2D eigenvalue weighted by atomic mass is 32.2. The van der Waals surface area contributed by atoms with Gasteiger partial charge in [-0.15, -0.1) is 0 Å². The van der Waals surface area contributed by atoms with Crippen LogP contribution in [0.15, 0.2) is 77.7 Å². The van der Waals surface area contributed by atoms with E-state index in [0.29, 0.717) is 12.2 Å². The number of para-hydroxylation sites is 1. The number of amides is 1. The summed E-state index contributed by atoms with van der Waals surface area (Å²) in [5, 5.41) is 2.91. The molecule has 1 N–H and O–H groups in total. The second-order valence-electron chi connectivity index (χ2n) is 8.74. The fourth-order valence-electron chi connectivity index (χ4n) is 4.45. The number of rotatable bonds is 9. The second-order valence-corrected chi connectivity index (χ2v) is 10.6. The van der Waals surface area contributed by atoms with Gasteiger partial charge < -0.3 is 10.2 Å². The SMILES string of the molecule is Cc1cc(C)cc(N(CC(=O)NCCCN2CCc3ccccc32)S(=O)(=O)c2ccccc2)c1. The molecule has 3 aromatic rings. The molecule has 0 aliphatic carbocycles. The first-order valence-corrected chi connectivity index (χ1v) is 13.0. The van der Waals surface area contributed by atoms with Crippen LogP contribution in [0.25, 0.3) is 0 Å². The number of hydrogen-bond donors (Lipinski definition) is 1. The van der Waals surface area contributed by atoms with Gasteiger partial charge in [0.1, 0.15) is 6.54 Å². The lowest BCUT2D eigenvalue weighted by atomic mass is 10.1. The zero-order valence-corrected chi connectivity index (χ0v) is 20.5. The summed E-state index contributed by atoms with van der Waals surface area (Å²) in [5.41, 5.74) is 5.00. The molecule has 1 amide bonds. The molecule has 0 bridgehead atoms. The van der Waals surface area contributed by atoms with Gasteiger partial charge in [-0.3, -0.25) is 9.10 Å². The molecule has 1 heterocycles. The Hall–Kier alpha value is -3.32. The Labute approximate surface area is 202 Å². The predicted molar refractivity (Wildman–Crippen MR) is 137 cm³/mol. The summed E-state index contributed by atoms with van der Waals surface area (Å²) in [6.07, 6.45) is 1.83. The lowest BCUT2D eigenvalue weighted by molar-refractivity contribution is -0.119. The minimum Gasteiger partial charge on any atom is -0.371 e. The van der Waals surface area contributed by atoms with Crippen molar-refractivity contribution < 1.29 is 13.2 Å². The largest absolute Gasteiger partial charge is 0.371 e. The van der Waals surface area contributed by atoms with Gasteiger partial charge in [0.15, 0.2) is 0 Å². The van der Waals surface area contributed by atoms with Crippen molar-refractivity contribution in [1.29, 1.82) is 0 Å². The van der Waals surface area contributed by atoms with Gasteiger partial charge in [0.2, 0.25) is 5.91 Å². The van der Waals surface area contributed by atoms with Crippen LogP contribution in [0.5, 0.6) is 0 Å². The van der Waals surface area contributed by atoms with Gasteiger partial charge in [-0.2, -0.15) is 0 Å². The van der Waals surface area contributed by atoms with E-state index in [9.17, 15) is 13.2 Å². The molecule has 0 saturated carbocycles. The van der Waals surface area contributed by atoms with E-state index in [0.717, 1.165) is 37.1 Å². The van der Waals surface area contributed by atoms with Crippen LogP contribution in [0.3, 0.4) is 0 Å². The maximum atomic E-state index is 13.5. The van der Waals surface area contributed by atoms with Crippen molar-refractivity contribution in [3.8, 4) is 0 Å². The standard InChI is InChI=1S/C27H31N3O3S/c1-21-17-22(2)19-24(18-21)30(34(32,33)25-10-4-3-5-11-25)20-27(31)28-14-8-15-29-16-13-23-9-6-7-12-26(23)29/h3-7,9-12,17-19H,8,13-16,20H2,1-2H3,(H,28,31). The minimum absolute atomic E-state index is 0.162. The molecular weight excluding hydrogens is 446 g/mol. The fraction of sp³-hybridized carbons (Fsp3) is 0.296. The van der Waals surface area contributed by atoms with Crippen LogP contribution in [0.1, 0.15) is 23.1 Å². The molecule has 0 unspecified atom stereocenters. The quantitative estimate of drug-likeness (QED) is 0.472. The molecule has 0 aromatic heterocycles. The van der Waals surface area contributed by atoms with Crippen molar-refractivity contribution in [2.75, 3.05) is 35.4 Å². The average molecular weight is 478 g/mol. The molecule has 0 spiro atoms. The molecule has 7 heteroatoms. The molecule has 0 fully saturated rings. The topological polar surface area (TPSA) is 69.7 Å². The predicted octanol–water partition coefficient (Wildman–Crippen LogP) is 4.07. The van der Waals surface area contributed by atoms with E-state index in [1.807, 2.05) is 26.0 Å². The van der Waals surface area contributed by atoms with Crippen molar-refractivity contribution in [1.82, 2.24) is 5.32 Å². The normalized spacial score (nSPS) is 12.9. The highest BCUT2D eigenvalue weighted by Gasteiger charge is 2.27. The van der Waals surface area contributed by atoms with Gasteiger partial charge in [0.05, 0.1) is 10.6 Å². The molecule has 0 saturated heterocycles. The maximum Gasteiger partial charge on any atom is 0.264 e. The van der Waals surface area contributed by atoms with E-state index in [4.69, 9.17) is 0 Å². The number of benzene rings is 3. The van der Waals surface area contributed by atoms with E-state index < -0.39 is 10.0 Å². The van der Waals surface area contributed by atoms with Gasteiger partial charge in [-0.05, 0) is 73.7 Å². The van der Waals surface area contributed by atoms with Crippen LogP contribution in [0, 0.1) is 13.8 Å². The first-order chi connectivity index (χ1) is 16.3. The van der Waals surface area contributed by atoms with Crippen molar-refractivity contribution in [3.63, 3.8) is 0 Å². The van der Waals surface area contributed by atoms with Gasteiger partial charge >= 0.3 is 0 Å². The van der Waals surface area contributed by atoms with Crippen LogP contribution >= 0.6 is 0 Å². The molecule has 3 aromatic carbocycles. The zero-order chi connectivity index (χ0) is 24.1. The smallest absolute Gasteiger partial charge is 0.264 e. The van der Waals surface area contributed by atoms with Crippen molar-refractivity contribution in [2.24, 2.45) is 0 Å². The van der Waals surface area contributed by atoms with Gasteiger partial charge in [0, 0.05) is 25.3 Å². The van der Waals surface area contributed by atoms with Crippen LogP contribution in [-0.4, -0.2) is 40.5 Å². The maximum absolute atomic E-state index is 13.5. The molecular formula is C27H31N3O3S. The number of carbonyl (C=O) groups is 1. The van der Waals surface area contributed by atoms with Crippen LogP contribution in [0.2, 0.25) is 0 Å². The average Bonchev–Trinajstić information content (AvgIpc) is 3.23. The third kappa shape index (κ3) is 5.42. The van der Waals surface area contributed by atoms with E-state index in [2.05, 4.69) is 28.4 Å². The van der Waals surface area contributed by atoms with E-state index in [-0.39, 0.29) is 17.3 Å². The van der Waals surface area contributed by atoms with Crippen LogP contribution in [-0.2, 0) is 21.2 Å². The van der Waals surface area contributed by atoms with Crippen molar-refractivity contribution in [3.05, 3.63) is 89.5 Å².